The topological polar surface area (TPSA) is 119 Å². The zero-order valence-electron chi connectivity index (χ0n) is 19.7. The molecule has 3 fully saturated rings. The van der Waals surface area contributed by atoms with Gasteiger partial charge >= 0.3 is 5.97 Å². The van der Waals surface area contributed by atoms with Crippen molar-refractivity contribution in [2.45, 2.75) is 63.9 Å². The molecule has 3 N–H and O–H groups in total. The second-order valence-electron chi connectivity index (χ2n) is 9.94. The molecule has 0 spiro atoms. The molecule has 3 saturated heterocycles. The van der Waals surface area contributed by atoms with E-state index < -0.39 is 5.97 Å². The van der Waals surface area contributed by atoms with Crippen LogP contribution in [0.2, 0.25) is 0 Å². The van der Waals surface area contributed by atoms with E-state index in [1.54, 1.807) is 0 Å². The molecule has 2 amide bonds. The van der Waals surface area contributed by atoms with Gasteiger partial charge in [-0.1, -0.05) is 13.8 Å². The fraction of sp³-hybridized carbons (Fsp3) is 0.739. The summed E-state index contributed by atoms with van der Waals surface area (Å²) in [5.74, 6) is -1.70. The predicted molar refractivity (Wildman–Crippen MR) is 124 cm³/mol. The number of ketones is 1. The summed E-state index contributed by atoms with van der Waals surface area (Å²) >= 11 is 1.50. The minimum Gasteiger partial charge on any atom is -0.477 e. The number of carbonyl (C=O) groups excluding carboxylic acids is 3. The number of thioether (sulfide) groups is 1. The molecular formula is C23H34N4O5S. The molecule has 33 heavy (non-hydrogen) atoms. The van der Waals surface area contributed by atoms with Crippen LogP contribution < -0.4 is 10.6 Å². The highest BCUT2D eigenvalue weighted by atomic mass is 32.2. The summed E-state index contributed by atoms with van der Waals surface area (Å²) in [6.45, 7) is 10.3. The molecule has 0 bridgehead atoms. The standard InChI is InChI=1S/C23H34N4O5S/c1-11(7-13(3)28)17-18-14(4)20(19(23(31)32)27(18)22(17)30)33-15-8-16(25-10-15)21(29)26-6-5-24-9-12(26)2/h11-12,14-18,24-25H,5-10H2,1-4H3,(H,31,32)/t11-,12-,14+,15?,16?,17+,18-/m0/s1. The van der Waals surface area contributed by atoms with E-state index in [0.29, 0.717) is 30.8 Å². The zero-order valence-corrected chi connectivity index (χ0v) is 20.5. The van der Waals surface area contributed by atoms with E-state index in [0.717, 1.165) is 13.1 Å². The lowest BCUT2D eigenvalue weighted by atomic mass is 9.73. The second-order valence-corrected chi connectivity index (χ2v) is 11.3. The lowest BCUT2D eigenvalue weighted by Crippen LogP contribution is -2.62. The van der Waals surface area contributed by atoms with E-state index in [4.69, 9.17) is 0 Å². The first-order valence-corrected chi connectivity index (χ1v) is 12.7. The van der Waals surface area contributed by atoms with E-state index in [2.05, 4.69) is 10.6 Å². The highest BCUT2D eigenvalue weighted by Crippen LogP contribution is 2.53. The van der Waals surface area contributed by atoms with Crippen molar-refractivity contribution in [1.29, 1.82) is 0 Å². The number of hydrogen-bond donors (Lipinski definition) is 3. The molecule has 2 unspecified atom stereocenters. The number of fused-ring (bicyclic) bond motifs is 1. The quantitative estimate of drug-likeness (QED) is 0.457. The molecule has 0 aromatic rings. The number of Topliss-reactive ketones (excluding diaryl/α,β-unsaturated/α-hetero) is 1. The van der Waals surface area contributed by atoms with Crippen LogP contribution in [0.5, 0.6) is 0 Å². The third kappa shape index (κ3) is 4.33. The van der Waals surface area contributed by atoms with E-state index in [-0.39, 0.29) is 64.4 Å². The number of piperazine rings is 1. The maximum Gasteiger partial charge on any atom is 0.353 e. The Morgan fingerprint density at radius 3 is 2.61 bits per heavy atom. The van der Waals surface area contributed by atoms with Gasteiger partial charge in [0.05, 0.1) is 18.0 Å². The summed E-state index contributed by atoms with van der Waals surface area (Å²) in [5, 5.41) is 16.6. The molecule has 7 atom stereocenters. The SMILES string of the molecule is CC(=O)C[C@H](C)[C@H]1C(=O)N2C(C(=O)O)=C(SC3CNC(C(=O)N4CCNC[C@@H]4C)C3)[C@H](C)[C@@H]12. The third-order valence-corrected chi connectivity index (χ3v) is 8.99. The number of nitrogens with one attached hydrogen (secondary N) is 2. The fourth-order valence-corrected chi connectivity index (χ4v) is 7.36. The van der Waals surface area contributed by atoms with E-state index in [9.17, 15) is 24.3 Å². The van der Waals surface area contributed by atoms with Crippen LogP contribution in [-0.4, -0.2) is 88.0 Å². The van der Waals surface area contributed by atoms with Crippen molar-refractivity contribution in [3.63, 3.8) is 0 Å². The third-order valence-electron chi connectivity index (χ3n) is 7.48. The first-order valence-electron chi connectivity index (χ1n) is 11.8. The van der Waals surface area contributed by atoms with Gasteiger partial charge in [-0.3, -0.25) is 9.59 Å². The number of carboxylic acids is 1. The van der Waals surface area contributed by atoms with E-state index >= 15 is 0 Å². The Bertz CT molecular complexity index is 892. The van der Waals surface area contributed by atoms with Gasteiger partial charge < -0.3 is 30.3 Å². The average Bonchev–Trinajstić information content (AvgIpc) is 3.30. The van der Waals surface area contributed by atoms with Gasteiger partial charge in [0, 0.05) is 54.7 Å². The van der Waals surface area contributed by atoms with Crippen molar-refractivity contribution < 1.29 is 24.3 Å². The molecule has 4 aliphatic rings. The maximum atomic E-state index is 13.0. The minimum atomic E-state index is -1.09. The molecule has 182 valence electrons. The Hall–Kier alpha value is -1.91. The smallest absolute Gasteiger partial charge is 0.353 e. The molecule has 4 rings (SSSR count). The van der Waals surface area contributed by atoms with Gasteiger partial charge in [-0.25, -0.2) is 4.79 Å². The van der Waals surface area contributed by atoms with E-state index in [1.165, 1.54) is 23.6 Å². The molecule has 0 aromatic heterocycles. The maximum absolute atomic E-state index is 13.0. The van der Waals surface area contributed by atoms with Gasteiger partial charge in [-0.15, -0.1) is 11.8 Å². The van der Waals surface area contributed by atoms with Crippen molar-refractivity contribution in [2.75, 3.05) is 26.2 Å². The van der Waals surface area contributed by atoms with Crippen LogP contribution in [0.25, 0.3) is 0 Å². The molecule has 4 heterocycles. The van der Waals surface area contributed by atoms with Crippen LogP contribution in [0.15, 0.2) is 10.6 Å². The summed E-state index contributed by atoms with van der Waals surface area (Å²) in [7, 11) is 0. The molecule has 9 nitrogen and oxygen atoms in total. The minimum absolute atomic E-state index is 0.0342. The molecule has 10 heteroatoms. The molecular weight excluding hydrogens is 444 g/mol. The largest absolute Gasteiger partial charge is 0.477 e. The predicted octanol–water partition coefficient (Wildman–Crippen LogP) is 0.659. The Balaban J connectivity index is 1.45. The lowest BCUT2D eigenvalue weighted by molar-refractivity contribution is -0.160. The van der Waals surface area contributed by atoms with Gasteiger partial charge in [-0.2, -0.15) is 0 Å². The van der Waals surface area contributed by atoms with Gasteiger partial charge in [-0.05, 0) is 26.2 Å². The summed E-state index contributed by atoms with van der Waals surface area (Å²) < 4.78 is 0. The van der Waals surface area contributed by atoms with Crippen molar-refractivity contribution in [2.24, 2.45) is 17.8 Å². The van der Waals surface area contributed by atoms with Gasteiger partial charge in [0.1, 0.15) is 11.5 Å². The first-order chi connectivity index (χ1) is 15.6. The van der Waals surface area contributed by atoms with E-state index in [1.807, 2.05) is 25.7 Å². The Morgan fingerprint density at radius 1 is 1.24 bits per heavy atom. The highest BCUT2D eigenvalue weighted by Gasteiger charge is 2.60. The number of carbonyl (C=O) groups is 4. The molecule has 0 saturated carbocycles. The van der Waals surface area contributed by atoms with Crippen molar-refractivity contribution in [3.8, 4) is 0 Å². The molecule has 4 aliphatic heterocycles. The van der Waals surface area contributed by atoms with Crippen LogP contribution >= 0.6 is 11.8 Å². The second kappa shape index (κ2) is 9.38. The number of amides is 2. The van der Waals surface area contributed by atoms with Gasteiger partial charge in [0.15, 0.2) is 0 Å². The van der Waals surface area contributed by atoms with Crippen LogP contribution in [0.4, 0.5) is 0 Å². The van der Waals surface area contributed by atoms with Crippen LogP contribution in [0.1, 0.15) is 40.5 Å². The summed E-state index contributed by atoms with van der Waals surface area (Å²) in [4.78, 5) is 53.7. The van der Waals surface area contributed by atoms with Crippen molar-refractivity contribution in [1.82, 2.24) is 20.4 Å². The number of aliphatic carboxylic acids is 1. The van der Waals surface area contributed by atoms with Gasteiger partial charge in [0.2, 0.25) is 11.8 Å². The zero-order chi connectivity index (χ0) is 24.0. The number of hydrogen-bond acceptors (Lipinski definition) is 7. The number of rotatable bonds is 7. The molecule has 0 aromatic carbocycles. The number of nitrogens with zero attached hydrogens (tertiary/aromatic N) is 2. The van der Waals surface area contributed by atoms with Crippen LogP contribution in [-0.2, 0) is 19.2 Å². The fourth-order valence-electron chi connectivity index (χ4n) is 5.88. The van der Waals surface area contributed by atoms with Crippen LogP contribution in [0.3, 0.4) is 0 Å². The van der Waals surface area contributed by atoms with Gasteiger partial charge in [0.25, 0.3) is 0 Å². The summed E-state index contributed by atoms with van der Waals surface area (Å²) in [6.07, 6.45) is 0.950. The molecule has 0 radical (unpaired) electrons. The lowest BCUT2D eigenvalue weighted by Gasteiger charge is -2.47. The number of carboxylic acid groups (broad SMARTS) is 1. The Kier molecular flexibility index (Phi) is 6.89. The number of β-lactam (4-membered cyclic amide) rings is 1. The van der Waals surface area contributed by atoms with Crippen molar-refractivity contribution in [3.05, 3.63) is 10.6 Å². The molecule has 0 aliphatic carbocycles. The van der Waals surface area contributed by atoms with Crippen LogP contribution in [0, 0.1) is 17.8 Å². The Labute approximate surface area is 198 Å². The summed E-state index contributed by atoms with van der Waals surface area (Å²) in [5.41, 5.74) is 0.0827. The average molecular weight is 479 g/mol. The van der Waals surface area contributed by atoms with Crippen molar-refractivity contribution >= 4 is 35.3 Å². The highest BCUT2D eigenvalue weighted by molar-refractivity contribution is 8.03. The monoisotopic (exact) mass is 478 g/mol. The normalized spacial score (nSPS) is 34.8. The Morgan fingerprint density at radius 2 is 1.97 bits per heavy atom. The summed E-state index contributed by atoms with van der Waals surface area (Å²) in [6, 6.07) is -0.330. The first kappa shape index (κ1) is 24.2.